The molecule has 0 radical (unpaired) electrons. The molecule has 138 valence electrons. The van der Waals surface area contributed by atoms with Gasteiger partial charge in [-0.05, 0) is 43.3 Å². The molecule has 26 heavy (non-hydrogen) atoms. The highest BCUT2D eigenvalue weighted by molar-refractivity contribution is 6.31. The second-order valence-corrected chi connectivity index (χ2v) is 6.17. The van der Waals surface area contributed by atoms with Crippen molar-refractivity contribution in [2.24, 2.45) is 0 Å². The summed E-state index contributed by atoms with van der Waals surface area (Å²) in [6.45, 7) is 2.49. The van der Waals surface area contributed by atoms with E-state index in [1.807, 2.05) is 25.1 Å². The summed E-state index contributed by atoms with van der Waals surface area (Å²) in [7, 11) is -4.94. The van der Waals surface area contributed by atoms with Crippen molar-refractivity contribution in [1.82, 2.24) is 0 Å². The fourth-order valence-corrected chi connectivity index (χ4v) is 2.34. The largest absolute Gasteiger partial charge is 0.508 e. The molecule has 7 nitrogen and oxygen atoms in total. The van der Waals surface area contributed by atoms with Crippen molar-refractivity contribution in [3.05, 3.63) is 53.6 Å². The summed E-state index contributed by atoms with van der Waals surface area (Å²) in [4.78, 5) is 0. The first kappa shape index (κ1) is 20.2. The van der Waals surface area contributed by atoms with Gasteiger partial charge in [-0.3, -0.25) is 0 Å². The Bertz CT molecular complexity index is 871. The van der Waals surface area contributed by atoms with Crippen molar-refractivity contribution in [3.8, 4) is 22.8 Å². The van der Waals surface area contributed by atoms with Crippen LogP contribution in [0.4, 0.5) is 0 Å². The number of benzene rings is 2. The van der Waals surface area contributed by atoms with Gasteiger partial charge in [0.25, 0.3) is 0 Å². The lowest BCUT2D eigenvalue weighted by molar-refractivity contribution is -2.00. The number of phenolic OH excluding ortho intramolecular Hbond substituents is 1. The van der Waals surface area contributed by atoms with Gasteiger partial charge >= 0.3 is 11.3 Å². The average Bonchev–Trinajstić information content (AvgIpc) is 2.54. The van der Waals surface area contributed by atoms with E-state index in [4.69, 9.17) is 39.4 Å². The SMILES string of the molecule is CCOc1cc(-c2ccc(O)cc2)[o+]c2ccc(Cl)cc12.[O-][Cl+3]([O-])([O-])[O-]. The van der Waals surface area contributed by atoms with E-state index in [1.54, 1.807) is 30.3 Å². The number of rotatable bonds is 3. The first-order valence-corrected chi connectivity index (χ1v) is 8.89. The highest BCUT2D eigenvalue weighted by atomic mass is 35.7. The van der Waals surface area contributed by atoms with Crippen molar-refractivity contribution in [2.75, 3.05) is 6.61 Å². The minimum atomic E-state index is -4.94. The van der Waals surface area contributed by atoms with Crippen molar-refractivity contribution >= 4 is 22.6 Å². The fraction of sp³-hybridized carbons (Fsp3) is 0.118. The van der Waals surface area contributed by atoms with E-state index in [2.05, 4.69) is 0 Å². The molecule has 0 aliphatic rings. The molecule has 0 amide bonds. The molecule has 1 N–H and O–H groups in total. The number of ether oxygens (including phenoxy) is 1. The Morgan fingerprint density at radius 3 is 2.23 bits per heavy atom. The van der Waals surface area contributed by atoms with Gasteiger partial charge in [0.05, 0.1) is 18.2 Å². The highest BCUT2D eigenvalue weighted by Gasteiger charge is 2.20. The summed E-state index contributed by atoms with van der Waals surface area (Å²) >= 11 is 6.04. The molecule has 1 aromatic heterocycles. The number of hydrogen-bond donors (Lipinski definition) is 1. The Morgan fingerprint density at radius 2 is 1.65 bits per heavy atom. The molecule has 0 aliphatic heterocycles. The van der Waals surface area contributed by atoms with Crippen molar-refractivity contribution < 1.29 is 43.1 Å². The third-order valence-corrected chi connectivity index (χ3v) is 3.38. The van der Waals surface area contributed by atoms with Gasteiger partial charge < -0.3 is 9.84 Å². The Morgan fingerprint density at radius 1 is 1.04 bits per heavy atom. The Hall–Kier alpha value is -2.13. The van der Waals surface area contributed by atoms with E-state index in [0.29, 0.717) is 23.0 Å². The van der Waals surface area contributed by atoms with Gasteiger partial charge in [0.15, 0.2) is 0 Å². The molecule has 0 unspecified atom stereocenters. The van der Waals surface area contributed by atoms with E-state index in [1.165, 1.54) is 0 Å². The van der Waals surface area contributed by atoms with Gasteiger partial charge in [-0.15, -0.1) is 10.2 Å². The van der Waals surface area contributed by atoms with Gasteiger partial charge in [0.2, 0.25) is 0 Å². The van der Waals surface area contributed by atoms with Crippen LogP contribution in [0.2, 0.25) is 5.02 Å². The standard InChI is InChI=1S/C17H13ClO3.ClHO4/c1-2-20-17-10-16(11-3-6-13(19)7-4-11)21-15-8-5-12(18)9-14(15)17;2-1(3,4)5/h3-10H,2H2,1H3;(H,2,3,4,5). The Kier molecular flexibility index (Phi) is 6.60. The molecule has 0 spiro atoms. The molecular weight excluding hydrogens is 387 g/mol. The highest BCUT2D eigenvalue weighted by Crippen LogP contribution is 2.34. The van der Waals surface area contributed by atoms with Crippen LogP contribution >= 0.6 is 11.6 Å². The number of halogens is 2. The Balaban J connectivity index is 0.000000431. The molecule has 3 aromatic rings. The predicted molar refractivity (Wildman–Crippen MR) is 83.9 cm³/mol. The molecule has 1 heterocycles. The lowest BCUT2D eigenvalue weighted by Gasteiger charge is -2.17. The fourth-order valence-electron chi connectivity index (χ4n) is 2.17. The van der Waals surface area contributed by atoms with Crippen LogP contribution in [-0.2, 0) is 0 Å². The van der Waals surface area contributed by atoms with Crippen LogP contribution < -0.4 is 23.4 Å². The Labute approximate surface area is 156 Å². The monoisotopic (exact) mass is 400 g/mol. The van der Waals surface area contributed by atoms with E-state index in [9.17, 15) is 5.11 Å². The van der Waals surface area contributed by atoms with Gasteiger partial charge in [-0.25, -0.2) is 23.1 Å². The van der Waals surface area contributed by atoms with Crippen LogP contribution in [0.25, 0.3) is 22.3 Å². The van der Waals surface area contributed by atoms with Crippen LogP contribution in [0.3, 0.4) is 0 Å². The smallest absolute Gasteiger partial charge is 0.364 e. The van der Waals surface area contributed by atoms with Gasteiger partial charge in [-0.2, -0.15) is 0 Å². The third-order valence-electron chi connectivity index (χ3n) is 3.14. The minimum absolute atomic E-state index is 0.219. The van der Waals surface area contributed by atoms with Crippen molar-refractivity contribution in [1.29, 1.82) is 0 Å². The molecule has 0 saturated carbocycles. The summed E-state index contributed by atoms with van der Waals surface area (Å²) < 4.78 is 45.6. The van der Waals surface area contributed by atoms with E-state index in [0.717, 1.165) is 16.7 Å². The van der Waals surface area contributed by atoms with Crippen LogP contribution in [0.1, 0.15) is 6.92 Å². The molecule has 0 saturated heterocycles. The van der Waals surface area contributed by atoms with Gasteiger partial charge in [0, 0.05) is 11.1 Å². The third kappa shape index (κ3) is 5.99. The molecule has 0 aliphatic carbocycles. The predicted octanol–water partition coefficient (Wildman–Crippen LogP) is 0.383. The molecule has 0 fully saturated rings. The molecule has 0 atom stereocenters. The number of aromatic hydroxyl groups is 1. The molecule has 2 aromatic carbocycles. The molecule has 3 rings (SSSR count). The maximum Gasteiger partial charge on any atom is 0.364 e. The molecular formula is C17H14Cl2O7. The zero-order chi connectivity index (χ0) is 19.3. The summed E-state index contributed by atoms with van der Waals surface area (Å²) in [5, 5.41) is 10.8. The summed E-state index contributed by atoms with van der Waals surface area (Å²) in [5.74, 6) is 1.62. The summed E-state index contributed by atoms with van der Waals surface area (Å²) in [6.07, 6.45) is 0. The topological polar surface area (TPSA) is 133 Å². The van der Waals surface area contributed by atoms with Crippen LogP contribution in [-0.4, -0.2) is 11.7 Å². The van der Waals surface area contributed by atoms with E-state index >= 15 is 0 Å². The van der Waals surface area contributed by atoms with E-state index < -0.39 is 10.2 Å². The number of hydrogen-bond acceptors (Lipinski definition) is 6. The summed E-state index contributed by atoms with van der Waals surface area (Å²) in [5.41, 5.74) is 1.57. The molecule has 9 heteroatoms. The van der Waals surface area contributed by atoms with Crippen LogP contribution in [0.15, 0.2) is 52.9 Å². The van der Waals surface area contributed by atoms with Gasteiger partial charge in [-0.1, -0.05) is 11.6 Å². The first-order valence-electron chi connectivity index (χ1n) is 7.27. The number of phenols is 1. The normalized spacial score (nSPS) is 11.0. The maximum atomic E-state index is 9.37. The zero-order valence-corrected chi connectivity index (χ0v) is 15.0. The maximum absolute atomic E-state index is 9.37. The van der Waals surface area contributed by atoms with Crippen LogP contribution in [0, 0.1) is 10.2 Å². The lowest BCUT2D eigenvalue weighted by atomic mass is 10.1. The quantitative estimate of drug-likeness (QED) is 0.628. The lowest BCUT2D eigenvalue weighted by Crippen LogP contribution is -2.68. The van der Waals surface area contributed by atoms with E-state index in [-0.39, 0.29) is 5.75 Å². The second kappa shape index (κ2) is 8.50. The van der Waals surface area contributed by atoms with Crippen LogP contribution in [0.5, 0.6) is 11.5 Å². The summed E-state index contributed by atoms with van der Waals surface area (Å²) in [6, 6.07) is 14.1. The molecule has 0 bridgehead atoms. The van der Waals surface area contributed by atoms with Gasteiger partial charge in [0.1, 0.15) is 16.9 Å². The number of fused-ring (bicyclic) bond motifs is 1. The average molecular weight is 401 g/mol. The van der Waals surface area contributed by atoms with Crippen molar-refractivity contribution in [3.63, 3.8) is 0 Å². The first-order chi connectivity index (χ1) is 12.2. The zero-order valence-electron chi connectivity index (χ0n) is 13.5. The second-order valence-electron chi connectivity index (χ2n) is 4.97. The van der Waals surface area contributed by atoms with Crippen molar-refractivity contribution in [2.45, 2.75) is 6.92 Å². The minimum Gasteiger partial charge on any atom is -0.508 e.